The number of hydrogen-bond acceptors (Lipinski definition) is 8. The number of anilines is 3. The van der Waals surface area contributed by atoms with Gasteiger partial charge in [-0.25, -0.2) is 4.98 Å². The molecule has 2 N–H and O–H groups in total. The summed E-state index contributed by atoms with van der Waals surface area (Å²) in [6, 6.07) is 16.2. The summed E-state index contributed by atoms with van der Waals surface area (Å²) in [4.78, 5) is 45.6. The number of methoxy groups -OCH3 is 1. The van der Waals surface area contributed by atoms with E-state index in [9.17, 15) is 19.7 Å². The molecule has 1 aliphatic carbocycles. The molecule has 1 saturated heterocycles. The van der Waals surface area contributed by atoms with Crippen molar-refractivity contribution in [3.05, 3.63) is 99.4 Å². The lowest BCUT2D eigenvalue weighted by molar-refractivity contribution is -0.385. The number of carbonyl (C=O) groups excluding carboxylic acids is 2. The lowest BCUT2D eigenvalue weighted by atomic mass is 9.90. The van der Waals surface area contributed by atoms with E-state index in [4.69, 9.17) is 4.74 Å². The van der Waals surface area contributed by atoms with Gasteiger partial charge in [0.1, 0.15) is 5.82 Å². The Hall–Kier alpha value is -5.19. The lowest BCUT2D eigenvalue weighted by Gasteiger charge is -2.35. The highest BCUT2D eigenvalue weighted by atomic mass is 16.6. The van der Waals surface area contributed by atoms with Crippen LogP contribution in [-0.4, -0.2) is 59.9 Å². The number of nitro benzene ring substituents is 1. The molecule has 0 atom stereocenters. The minimum absolute atomic E-state index is 0.0557. The first kappa shape index (κ1) is 27.0. The summed E-state index contributed by atoms with van der Waals surface area (Å²) in [7, 11) is 1.40. The number of carbonyl (C=O) groups is 2. The van der Waals surface area contributed by atoms with Gasteiger partial charge < -0.3 is 25.2 Å². The zero-order chi connectivity index (χ0) is 29.2. The van der Waals surface area contributed by atoms with Gasteiger partial charge in [0.05, 0.1) is 29.8 Å². The van der Waals surface area contributed by atoms with Gasteiger partial charge >= 0.3 is 5.69 Å². The number of nitro groups is 1. The number of rotatable bonds is 6. The molecule has 0 saturated carbocycles. The molecule has 0 bridgehead atoms. The van der Waals surface area contributed by atoms with E-state index in [2.05, 4.69) is 20.5 Å². The molecule has 2 aromatic carbocycles. The Kier molecular flexibility index (Phi) is 7.30. The van der Waals surface area contributed by atoms with Gasteiger partial charge in [-0.05, 0) is 72.0 Å². The number of hydrogen-bond donors (Lipinski definition) is 2. The van der Waals surface area contributed by atoms with Crippen molar-refractivity contribution in [3.63, 3.8) is 0 Å². The average Bonchev–Trinajstić information content (AvgIpc) is 3.15. The van der Waals surface area contributed by atoms with Gasteiger partial charge in [0.15, 0.2) is 5.75 Å². The number of allylic oxidation sites excluding steroid dienone is 2. The predicted octanol–water partition coefficient (Wildman–Crippen LogP) is 4.39. The lowest BCUT2D eigenvalue weighted by Crippen LogP contribution is -2.49. The van der Waals surface area contributed by atoms with E-state index < -0.39 is 4.92 Å². The summed E-state index contributed by atoms with van der Waals surface area (Å²) in [5.41, 5.74) is 5.11. The molecule has 1 fully saturated rings. The van der Waals surface area contributed by atoms with Crippen molar-refractivity contribution in [1.82, 2.24) is 9.88 Å². The van der Waals surface area contributed by atoms with E-state index in [0.29, 0.717) is 48.6 Å². The molecule has 0 spiro atoms. The molecule has 42 heavy (non-hydrogen) atoms. The maximum absolute atomic E-state index is 13.2. The second-order valence-corrected chi connectivity index (χ2v) is 10.4. The highest BCUT2D eigenvalue weighted by Crippen LogP contribution is 2.38. The van der Waals surface area contributed by atoms with Crippen LogP contribution in [0.5, 0.6) is 5.75 Å². The number of amides is 2. The highest BCUT2D eigenvalue weighted by Gasteiger charge is 2.27. The average molecular weight is 567 g/mol. The third-order valence-electron chi connectivity index (χ3n) is 7.87. The van der Waals surface area contributed by atoms with E-state index in [1.54, 1.807) is 18.3 Å². The molecule has 3 aliphatic rings. The first-order valence-electron chi connectivity index (χ1n) is 13.8. The monoisotopic (exact) mass is 566 g/mol. The Bertz CT molecular complexity index is 1630. The molecule has 1 aromatic heterocycles. The van der Waals surface area contributed by atoms with Crippen LogP contribution in [0.25, 0.3) is 5.57 Å². The smallest absolute Gasteiger partial charge is 0.310 e. The molecule has 11 heteroatoms. The van der Waals surface area contributed by atoms with Crippen molar-refractivity contribution in [2.24, 2.45) is 0 Å². The van der Waals surface area contributed by atoms with Crippen LogP contribution < -0.4 is 20.3 Å². The molecule has 6 rings (SSSR count). The van der Waals surface area contributed by atoms with Gasteiger partial charge in [-0.3, -0.25) is 19.7 Å². The SMILES string of the molecule is COc1cc(C2=CC3=C(CC2)C(=O)Nc2ccc(CC(=O)N4CCN(c5ccccn5)CC4)cc2N3)ccc1[N+](=O)[O-]. The molecule has 3 aromatic rings. The Balaban J connectivity index is 1.18. The summed E-state index contributed by atoms with van der Waals surface area (Å²) in [6.07, 6.45) is 5.04. The fraction of sp³-hybridized carbons (Fsp3) is 0.258. The van der Waals surface area contributed by atoms with Crippen molar-refractivity contribution in [1.29, 1.82) is 0 Å². The second kappa shape index (κ2) is 11.4. The van der Waals surface area contributed by atoms with Crippen molar-refractivity contribution in [3.8, 4) is 5.75 Å². The number of fused-ring (bicyclic) bond motifs is 1. The first-order valence-corrected chi connectivity index (χ1v) is 13.8. The summed E-state index contributed by atoms with van der Waals surface area (Å²) < 4.78 is 5.25. The molecule has 0 radical (unpaired) electrons. The molecule has 11 nitrogen and oxygen atoms in total. The van der Waals surface area contributed by atoms with Gasteiger partial charge in [-0.15, -0.1) is 0 Å². The van der Waals surface area contributed by atoms with Crippen molar-refractivity contribution < 1.29 is 19.2 Å². The van der Waals surface area contributed by atoms with E-state index in [1.807, 2.05) is 47.4 Å². The highest BCUT2D eigenvalue weighted by molar-refractivity contribution is 6.09. The van der Waals surface area contributed by atoms with Gasteiger partial charge in [-0.2, -0.15) is 0 Å². The first-order chi connectivity index (χ1) is 20.4. The van der Waals surface area contributed by atoms with Gasteiger partial charge in [0.25, 0.3) is 5.91 Å². The standard InChI is InChI=1S/C31H30N6O5/c1-42-28-19-22(7-10-27(28)37(40)41)21-6-8-23-25(18-21)33-26-16-20(5-9-24(26)34-31(23)39)17-30(38)36-14-12-35(13-15-36)29-4-2-3-11-32-29/h2-5,7,9-11,16,18-19,33H,6,8,12-15,17H2,1H3,(H,34,39). The van der Waals surface area contributed by atoms with Crippen LogP contribution in [0.3, 0.4) is 0 Å². The van der Waals surface area contributed by atoms with Crippen LogP contribution in [0.1, 0.15) is 24.0 Å². The number of benzene rings is 2. The van der Waals surface area contributed by atoms with Gasteiger partial charge in [0.2, 0.25) is 5.91 Å². The van der Waals surface area contributed by atoms with E-state index >= 15 is 0 Å². The molecule has 214 valence electrons. The minimum Gasteiger partial charge on any atom is -0.490 e. The molecule has 3 heterocycles. The summed E-state index contributed by atoms with van der Waals surface area (Å²) in [6.45, 7) is 2.72. The largest absolute Gasteiger partial charge is 0.490 e. The van der Waals surface area contributed by atoms with Crippen LogP contribution in [0.15, 0.2) is 78.1 Å². The Labute approximate surface area is 242 Å². The molecule has 0 unspecified atom stereocenters. The fourth-order valence-electron chi connectivity index (χ4n) is 5.60. The van der Waals surface area contributed by atoms with Crippen LogP contribution >= 0.6 is 0 Å². The van der Waals surface area contributed by atoms with Crippen LogP contribution in [0, 0.1) is 10.1 Å². The van der Waals surface area contributed by atoms with Crippen molar-refractivity contribution in [2.75, 3.05) is 48.8 Å². The van der Waals surface area contributed by atoms with Gasteiger partial charge in [-0.1, -0.05) is 12.1 Å². The summed E-state index contributed by atoms with van der Waals surface area (Å²) in [5.74, 6) is 0.981. The number of nitrogens with one attached hydrogen (secondary N) is 2. The van der Waals surface area contributed by atoms with Gasteiger partial charge in [0, 0.05) is 49.7 Å². The minimum atomic E-state index is -0.475. The van der Waals surface area contributed by atoms with E-state index in [0.717, 1.165) is 35.6 Å². The van der Waals surface area contributed by atoms with Crippen LogP contribution in [0.4, 0.5) is 22.9 Å². The van der Waals surface area contributed by atoms with Crippen LogP contribution in [-0.2, 0) is 16.0 Å². The Morgan fingerprint density at radius 3 is 2.60 bits per heavy atom. The molecular weight excluding hydrogens is 536 g/mol. The number of ether oxygens (including phenoxy) is 1. The summed E-state index contributed by atoms with van der Waals surface area (Å²) >= 11 is 0. The zero-order valence-electron chi connectivity index (χ0n) is 23.1. The zero-order valence-corrected chi connectivity index (χ0v) is 23.1. The van der Waals surface area contributed by atoms with Crippen molar-refractivity contribution >= 4 is 40.3 Å². The van der Waals surface area contributed by atoms with Crippen molar-refractivity contribution in [2.45, 2.75) is 19.3 Å². The number of piperazine rings is 1. The number of pyridine rings is 1. The maximum atomic E-state index is 13.2. The quantitative estimate of drug-likeness (QED) is 0.332. The van der Waals surface area contributed by atoms with E-state index in [1.165, 1.54) is 13.2 Å². The second-order valence-electron chi connectivity index (χ2n) is 10.4. The Morgan fingerprint density at radius 2 is 1.86 bits per heavy atom. The third kappa shape index (κ3) is 5.40. The maximum Gasteiger partial charge on any atom is 0.310 e. The fourth-order valence-corrected chi connectivity index (χ4v) is 5.60. The predicted molar refractivity (Wildman–Crippen MR) is 159 cm³/mol. The normalized spacial score (nSPS) is 16.4. The molecular formula is C31H30N6O5. The molecule has 2 amide bonds. The van der Waals surface area contributed by atoms with Crippen LogP contribution in [0.2, 0.25) is 0 Å². The number of nitrogens with zero attached hydrogens (tertiary/aromatic N) is 4. The van der Waals surface area contributed by atoms with E-state index in [-0.39, 0.29) is 29.7 Å². The summed E-state index contributed by atoms with van der Waals surface area (Å²) in [5, 5.41) is 17.7. The third-order valence-corrected chi connectivity index (χ3v) is 7.87. The Morgan fingerprint density at radius 1 is 1.02 bits per heavy atom. The number of aromatic nitrogens is 1. The topological polar surface area (TPSA) is 130 Å². The molecule has 2 aliphatic heterocycles.